The largest absolute Gasteiger partial charge is 0.384 e. The van der Waals surface area contributed by atoms with E-state index in [1.54, 1.807) is 12.3 Å². The van der Waals surface area contributed by atoms with Gasteiger partial charge in [0.05, 0.1) is 11.2 Å². The van der Waals surface area contributed by atoms with Gasteiger partial charge < -0.3 is 11.1 Å². The molecular weight excluding hydrogens is 362 g/mol. The number of pyridine rings is 2. The van der Waals surface area contributed by atoms with Gasteiger partial charge in [-0.2, -0.15) is 0 Å². The Morgan fingerprint density at radius 3 is 2.79 bits per heavy atom. The molecule has 0 fully saturated rings. The van der Waals surface area contributed by atoms with E-state index in [4.69, 9.17) is 5.73 Å². The lowest BCUT2D eigenvalue weighted by atomic mass is 10.1. The summed E-state index contributed by atoms with van der Waals surface area (Å²) in [5, 5.41) is 4.11. The van der Waals surface area contributed by atoms with Crippen molar-refractivity contribution in [2.24, 2.45) is 0 Å². The SMILES string of the molecule is CCCCCNC(=O)C(c1ccccn1)N(C)Cc1ccc2nc(N)ccc2c1. The quantitative estimate of drug-likeness (QED) is 0.544. The Hall–Kier alpha value is -2.99. The van der Waals surface area contributed by atoms with Crippen LogP contribution in [0.25, 0.3) is 10.9 Å². The van der Waals surface area contributed by atoms with E-state index in [2.05, 4.69) is 28.3 Å². The van der Waals surface area contributed by atoms with Gasteiger partial charge in [0, 0.05) is 24.7 Å². The predicted molar refractivity (Wildman–Crippen MR) is 117 cm³/mol. The summed E-state index contributed by atoms with van der Waals surface area (Å²) in [7, 11) is 1.95. The van der Waals surface area contributed by atoms with Crippen LogP contribution in [0.15, 0.2) is 54.7 Å². The van der Waals surface area contributed by atoms with Crippen molar-refractivity contribution in [3.8, 4) is 0 Å². The van der Waals surface area contributed by atoms with Gasteiger partial charge in [0.15, 0.2) is 0 Å². The standard InChI is InChI=1S/C23H29N5O/c1-3-4-6-14-26-23(29)22(20-8-5-7-13-25-20)28(2)16-17-9-11-19-18(15-17)10-12-21(24)27-19/h5,7-13,15,22H,3-4,6,14,16H2,1-2H3,(H2,24,27)(H,26,29). The van der Waals surface area contributed by atoms with Crippen molar-refractivity contribution in [1.82, 2.24) is 20.2 Å². The Bertz CT molecular complexity index is 944. The lowest BCUT2D eigenvalue weighted by Gasteiger charge is -2.27. The summed E-state index contributed by atoms with van der Waals surface area (Å²) in [6.07, 6.45) is 4.95. The zero-order valence-corrected chi connectivity index (χ0v) is 17.1. The minimum atomic E-state index is -0.446. The molecule has 0 saturated heterocycles. The number of anilines is 1. The van der Waals surface area contributed by atoms with Crippen LogP contribution in [0.1, 0.15) is 43.5 Å². The minimum absolute atomic E-state index is 0.0162. The van der Waals surface area contributed by atoms with E-state index >= 15 is 0 Å². The highest BCUT2D eigenvalue weighted by molar-refractivity contribution is 5.83. The lowest BCUT2D eigenvalue weighted by molar-refractivity contribution is -0.126. The molecule has 6 nitrogen and oxygen atoms in total. The number of hydrogen-bond acceptors (Lipinski definition) is 5. The third-order valence-corrected chi connectivity index (χ3v) is 4.94. The first-order valence-corrected chi connectivity index (χ1v) is 10.1. The number of hydrogen-bond donors (Lipinski definition) is 2. The molecule has 0 aliphatic heterocycles. The molecule has 1 unspecified atom stereocenters. The summed E-state index contributed by atoms with van der Waals surface area (Å²) in [4.78, 5) is 23.8. The van der Waals surface area contributed by atoms with Crippen molar-refractivity contribution >= 4 is 22.6 Å². The van der Waals surface area contributed by atoms with Crippen LogP contribution in [0.5, 0.6) is 0 Å². The maximum atomic E-state index is 13.0. The molecule has 3 N–H and O–H groups in total. The Labute approximate surface area is 172 Å². The monoisotopic (exact) mass is 391 g/mol. The van der Waals surface area contributed by atoms with Gasteiger partial charge in [0.1, 0.15) is 11.9 Å². The first-order chi connectivity index (χ1) is 14.1. The molecule has 1 atom stereocenters. The number of rotatable bonds is 9. The fraction of sp³-hybridized carbons (Fsp3) is 0.348. The number of aromatic nitrogens is 2. The Kier molecular flexibility index (Phi) is 7.14. The van der Waals surface area contributed by atoms with E-state index < -0.39 is 6.04 Å². The number of likely N-dealkylation sites (N-methyl/N-ethyl adjacent to an activating group) is 1. The molecule has 29 heavy (non-hydrogen) atoms. The number of unbranched alkanes of at least 4 members (excludes halogenated alkanes) is 2. The highest BCUT2D eigenvalue weighted by Gasteiger charge is 2.26. The van der Waals surface area contributed by atoms with Crippen molar-refractivity contribution in [2.75, 3.05) is 19.3 Å². The van der Waals surface area contributed by atoms with Crippen LogP contribution in [-0.2, 0) is 11.3 Å². The third kappa shape index (κ3) is 5.51. The molecule has 1 aromatic carbocycles. The third-order valence-electron chi connectivity index (χ3n) is 4.94. The maximum Gasteiger partial charge on any atom is 0.243 e. The fourth-order valence-electron chi connectivity index (χ4n) is 3.45. The number of carbonyl (C=O) groups excluding carboxylic acids is 1. The summed E-state index contributed by atoms with van der Waals surface area (Å²) >= 11 is 0. The maximum absolute atomic E-state index is 13.0. The number of fused-ring (bicyclic) bond motifs is 1. The molecule has 0 saturated carbocycles. The van der Waals surface area contributed by atoms with E-state index in [9.17, 15) is 4.79 Å². The summed E-state index contributed by atoms with van der Waals surface area (Å²) < 4.78 is 0. The smallest absolute Gasteiger partial charge is 0.243 e. The molecule has 0 radical (unpaired) electrons. The molecule has 0 bridgehead atoms. The van der Waals surface area contributed by atoms with Crippen molar-refractivity contribution < 1.29 is 4.79 Å². The highest BCUT2D eigenvalue weighted by atomic mass is 16.2. The van der Waals surface area contributed by atoms with Crippen LogP contribution < -0.4 is 11.1 Å². The van der Waals surface area contributed by atoms with Gasteiger partial charge in [-0.1, -0.05) is 31.9 Å². The Morgan fingerprint density at radius 1 is 1.17 bits per heavy atom. The van der Waals surface area contributed by atoms with Gasteiger partial charge in [-0.05, 0) is 55.4 Å². The van der Waals surface area contributed by atoms with Crippen LogP contribution in [0.3, 0.4) is 0 Å². The van der Waals surface area contributed by atoms with E-state index in [1.165, 1.54) is 0 Å². The number of benzene rings is 1. The second-order valence-corrected chi connectivity index (χ2v) is 7.33. The number of amides is 1. The molecule has 0 aliphatic rings. The average Bonchev–Trinajstić information content (AvgIpc) is 2.72. The number of nitrogens with zero attached hydrogens (tertiary/aromatic N) is 3. The van der Waals surface area contributed by atoms with Crippen LogP contribution >= 0.6 is 0 Å². The van der Waals surface area contributed by atoms with Crippen molar-refractivity contribution in [2.45, 2.75) is 38.8 Å². The molecule has 3 aromatic rings. The molecule has 152 valence electrons. The zero-order valence-electron chi connectivity index (χ0n) is 17.1. The van der Waals surface area contributed by atoms with Crippen LogP contribution in [-0.4, -0.2) is 34.4 Å². The molecule has 0 aliphatic carbocycles. The number of nitrogens with one attached hydrogen (secondary N) is 1. The second-order valence-electron chi connectivity index (χ2n) is 7.33. The van der Waals surface area contributed by atoms with E-state index in [-0.39, 0.29) is 5.91 Å². The predicted octanol–water partition coefficient (Wildman–Crippen LogP) is 3.69. The van der Waals surface area contributed by atoms with Crippen molar-refractivity contribution in [3.63, 3.8) is 0 Å². The summed E-state index contributed by atoms with van der Waals surface area (Å²) in [6, 6.07) is 15.1. The summed E-state index contributed by atoms with van der Waals surface area (Å²) in [5.74, 6) is 0.495. The number of nitrogen functional groups attached to an aromatic ring is 1. The van der Waals surface area contributed by atoms with Crippen LogP contribution in [0.4, 0.5) is 5.82 Å². The Morgan fingerprint density at radius 2 is 2.03 bits per heavy atom. The molecule has 2 heterocycles. The number of carbonyl (C=O) groups is 1. The zero-order chi connectivity index (χ0) is 20.6. The highest BCUT2D eigenvalue weighted by Crippen LogP contribution is 2.22. The van der Waals surface area contributed by atoms with Crippen LogP contribution in [0, 0.1) is 0 Å². The molecule has 0 spiro atoms. The van der Waals surface area contributed by atoms with E-state index in [0.717, 1.165) is 41.4 Å². The summed E-state index contributed by atoms with van der Waals surface area (Å²) in [5.41, 5.74) is 8.49. The van der Waals surface area contributed by atoms with Gasteiger partial charge >= 0.3 is 0 Å². The topological polar surface area (TPSA) is 84.1 Å². The second kappa shape index (κ2) is 9.98. The van der Waals surface area contributed by atoms with Crippen LogP contribution in [0.2, 0.25) is 0 Å². The average molecular weight is 392 g/mol. The van der Waals surface area contributed by atoms with Gasteiger partial charge in [0.2, 0.25) is 5.91 Å². The van der Waals surface area contributed by atoms with E-state index in [1.807, 2.05) is 48.3 Å². The molecule has 3 rings (SSSR count). The number of nitrogens with two attached hydrogens (primary N) is 1. The van der Waals surface area contributed by atoms with Gasteiger partial charge in [-0.15, -0.1) is 0 Å². The van der Waals surface area contributed by atoms with Gasteiger partial charge in [-0.3, -0.25) is 14.7 Å². The van der Waals surface area contributed by atoms with E-state index in [0.29, 0.717) is 18.9 Å². The first-order valence-electron chi connectivity index (χ1n) is 10.1. The Balaban J connectivity index is 1.78. The fourth-order valence-corrected chi connectivity index (χ4v) is 3.45. The normalized spacial score (nSPS) is 12.2. The van der Waals surface area contributed by atoms with Gasteiger partial charge in [-0.25, -0.2) is 4.98 Å². The van der Waals surface area contributed by atoms with Crippen molar-refractivity contribution in [3.05, 3.63) is 66.0 Å². The lowest BCUT2D eigenvalue weighted by Crippen LogP contribution is -2.39. The molecule has 6 heteroatoms. The molecule has 2 aromatic heterocycles. The minimum Gasteiger partial charge on any atom is -0.384 e. The molecule has 1 amide bonds. The summed E-state index contributed by atoms with van der Waals surface area (Å²) in [6.45, 7) is 3.45. The first kappa shape index (κ1) is 20.7. The van der Waals surface area contributed by atoms with Crippen molar-refractivity contribution in [1.29, 1.82) is 0 Å². The molecular formula is C23H29N5O. The van der Waals surface area contributed by atoms with Gasteiger partial charge in [0.25, 0.3) is 0 Å².